The average Bonchev–Trinajstić information content (AvgIpc) is 2.36. The summed E-state index contributed by atoms with van der Waals surface area (Å²) in [6.45, 7) is 0.848. The zero-order valence-electron chi connectivity index (χ0n) is 8.64. The smallest absolute Gasteiger partial charge is 0.236 e. The van der Waals surface area contributed by atoms with Gasteiger partial charge >= 0.3 is 0 Å². The number of isocyanates is 1. The van der Waals surface area contributed by atoms with Crippen LogP contribution in [0.2, 0.25) is 5.02 Å². The highest BCUT2D eigenvalue weighted by molar-refractivity contribution is 6.32. The zero-order valence-corrected chi connectivity index (χ0v) is 9.40. The number of benzene rings is 1. The van der Waals surface area contributed by atoms with Gasteiger partial charge in [0.25, 0.3) is 0 Å². The molecule has 1 aromatic carbocycles. The maximum Gasteiger partial charge on any atom is 0.236 e. The van der Waals surface area contributed by atoms with Crippen LogP contribution in [0.4, 0.5) is 0 Å². The van der Waals surface area contributed by atoms with Crippen molar-refractivity contribution in [2.45, 2.75) is 6.04 Å². The summed E-state index contributed by atoms with van der Waals surface area (Å²) < 4.78 is 10.7. The summed E-state index contributed by atoms with van der Waals surface area (Å²) in [6.07, 6.45) is 1.35. The number of hydrogen-bond acceptors (Lipinski definition) is 5. The molecule has 0 saturated heterocycles. The van der Waals surface area contributed by atoms with Crippen LogP contribution in [0.15, 0.2) is 17.1 Å². The van der Waals surface area contributed by atoms with Crippen molar-refractivity contribution in [3.63, 3.8) is 0 Å². The van der Waals surface area contributed by atoms with Crippen LogP contribution in [0.3, 0.4) is 0 Å². The van der Waals surface area contributed by atoms with Gasteiger partial charge in [0, 0.05) is 0 Å². The first kappa shape index (κ1) is 11.5. The minimum absolute atomic E-state index is 0.332. The molecule has 6 heteroatoms. The minimum Gasteiger partial charge on any atom is -0.486 e. The number of fused-ring (bicyclic) bond motifs is 1. The molecule has 0 aliphatic carbocycles. The molecule has 1 aliphatic heterocycles. The van der Waals surface area contributed by atoms with Gasteiger partial charge in [-0.25, -0.2) is 4.79 Å². The molecule has 0 N–H and O–H groups in total. The monoisotopic (exact) mass is 250 g/mol. The second kappa shape index (κ2) is 4.88. The lowest BCUT2D eigenvalue weighted by molar-refractivity contribution is 0.171. The quantitative estimate of drug-likeness (QED) is 0.595. The number of halogens is 1. The Balaban J connectivity index is 2.47. The van der Waals surface area contributed by atoms with Gasteiger partial charge in [-0.1, -0.05) is 11.6 Å². The molecule has 0 amide bonds. The summed E-state index contributed by atoms with van der Waals surface area (Å²) >= 11 is 5.99. The molecule has 86 valence electrons. The fourth-order valence-electron chi connectivity index (χ4n) is 1.52. The van der Waals surface area contributed by atoms with Crippen molar-refractivity contribution in [3.8, 4) is 17.6 Å². The Morgan fingerprint density at radius 1 is 1.41 bits per heavy atom. The van der Waals surface area contributed by atoms with E-state index in [1.807, 2.05) is 6.07 Å². The van der Waals surface area contributed by atoms with E-state index in [4.69, 9.17) is 26.3 Å². The van der Waals surface area contributed by atoms with Gasteiger partial charge in [-0.15, -0.1) is 0 Å². The zero-order chi connectivity index (χ0) is 12.3. The first-order valence-electron chi connectivity index (χ1n) is 4.82. The summed E-state index contributed by atoms with van der Waals surface area (Å²) in [4.78, 5) is 13.6. The Kier molecular flexibility index (Phi) is 3.29. The van der Waals surface area contributed by atoms with Crippen LogP contribution < -0.4 is 9.47 Å². The summed E-state index contributed by atoms with van der Waals surface area (Å²) in [7, 11) is 0. The summed E-state index contributed by atoms with van der Waals surface area (Å²) in [5.41, 5.74) is 0.477. The van der Waals surface area contributed by atoms with Crippen LogP contribution in [0, 0.1) is 11.3 Å². The van der Waals surface area contributed by atoms with Gasteiger partial charge in [-0.3, -0.25) is 0 Å². The van der Waals surface area contributed by atoms with E-state index in [9.17, 15) is 4.79 Å². The highest BCUT2D eigenvalue weighted by Crippen LogP contribution is 2.40. The molecule has 0 bridgehead atoms. The molecule has 17 heavy (non-hydrogen) atoms. The Bertz CT molecular complexity index is 532. The summed E-state index contributed by atoms with van der Waals surface area (Å²) in [5.74, 6) is 0.911. The Hall–Kier alpha value is -2.02. The van der Waals surface area contributed by atoms with Crippen LogP contribution in [0.25, 0.3) is 0 Å². The summed E-state index contributed by atoms with van der Waals surface area (Å²) in [5, 5.41) is 9.20. The first-order valence-corrected chi connectivity index (χ1v) is 5.19. The van der Waals surface area contributed by atoms with Crippen molar-refractivity contribution in [2.75, 3.05) is 13.2 Å². The van der Waals surface area contributed by atoms with Gasteiger partial charge in [-0.2, -0.15) is 10.3 Å². The van der Waals surface area contributed by atoms with Gasteiger partial charge < -0.3 is 9.47 Å². The molecule has 1 aromatic rings. The van der Waals surface area contributed by atoms with Crippen molar-refractivity contribution in [2.24, 2.45) is 4.99 Å². The van der Waals surface area contributed by atoms with E-state index in [1.54, 1.807) is 6.07 Å². The second-order valence-corrected chi connectivity index (χ2v) is 3.69. The van der Waals surface area contributed by atoms with Gasteiger partial charge in [-0.05, 0) is 17.7 Å². The maximum atomic E-state index is 10.2. The molecule has 0 aromatic heterocycles. The van der Waals surface area contributed by atoms with Crippen LogP contribution in [-0.4, -0.2) is 19.3 Å². The number of rotatable bonds is 2. The first-order chi connectivity index (χ1) is 8.26. The predicted octanol–water partition coefficient (Wildman–Crippen LogP) is 2.01. The second-order valence-electron chi connectivity index (χ2n) is 3.28. The molecule has 0 fully saturated rings. The Morgan fingerprint density at radius 2 is 2.18 bits per heavy atom. The van der Waals surface area contributed by atoms with Crippen LogP contribution in [0.1, 0.15) is 11.6 Å². The van der Waals surface area contributed by atoms with Gasteiger partial charge in [0.15, 0.2) is 17.5 Å². The van der Waals surface area contributed by atoms with E-state index >= 15 is 0 Å². The molecule has 0 radical (unpaired) electrons. The Morgan fingerprint density at radius 3 is 2.88 bits per heavy atom. The molecule has 1 aliphatic rings. The molecule has 1 heterocycles. The molecule has 1 atom stereocenters. The molecular weight excluding hydrogens is 244 g/mol. The van der Waals surface area contributed by atoms with Crippen LogP contribution in [-0.2, 0) is 4.79 Å². The van der Waals surface area contributed by atoms with Crippen molar-refractivity contribution in [3.05, 3.63) is 22.7 Å². The largest absolute Gasteiger partial charge is 0.486 e. The molecular formula is C11H7ClN2O3. The lowest BCUT2D eigenvalue weighted by Crippen LogP contribution is -2.16. The van der Waals surface area contributed by atoms with E-state index in [1.165, 1.54) is 12.1 Å². The lowest BCUT2D eigenvalue weighted by atomic mass is 10.1. The SMILES string of the molecule is N#CC(N=C=O)c1cc(Cl)c2c(c1)OCCO2. The number of hydrogen-bond donors (Lipinski definition) is 0. The number of carbonyl (C=O) groups excluding carboxylic acids is 1. The average molecular weight is 251 g/mol. The van der Waals surface area contributed by atoms with Crippen LogP contribution >= 0.6 is 11.6 Å². The highest BCUT2D eigenvalue weighted by atomic mass is 35.5. The van der Waals surface area contributed by atoms with Gasteiger partial charge in [0.2, 0.25) is 6.08 Å². The van der Waals surface area contributed by atoms with Crippen LogP contribution in [0.5, 0.6) is 11.5 Å². The van der Waals surface area contributed by atoms with E-state index in [0.29, 0.717) is 35.3 Å². The van der Waals surface area contributed by atoms with Crippen molar-refractivity contribution >= 4 is 17.7 Å². The van der Waals surface area contributed by atoms with Crippen molar-refractivity contribution in [1.29, 1.82) is 5.26 Å². The standard InChI is InChI=1S/C11H7ClN2O3/c12-8-3-7(9(5-13)14-6-15)4-10-11(8)17-2-1-16-10/h3-4,9H,1-2H2. The molecule has 2 rings (SSSR count). The van der Waals surface area contributed by atoms with E-state index < -0.39 is 6.04 Å². The number of nitriles is 1. The minimum atomic E-state index is -0.930. The number of aliphatic imine (C=N–C) groups is 1. The Labute approximate surface area is 102 Å². The predicted molar refractivity (Wildman–Crippen MR) is 58.9 cm³/mol. The maximum absolute atomic E-state index is 10.2. The number of ether oxygens (including phenoxy) is 2. The molecule has 1 unspecified atom stereocenters. The van der Waals surface area contributed by atoms with Crippen molar-refractivity contribution in [1.82, 2.24) is 0 Å². The van der Waals surface area contributed by atoms with E-state index in [0.717, 1.165) is 0 Å². The molecule has 0 spiro atoms. The molecule has 0 saturated carbocycles. The third-order valence-corrected chi connectivity index (χ3v) is 2.52. The highest BCUT2D eigenvalue weighted by Gasteiger charge is 2.20. The topological polar surface area (TPSA) is 71.7 Å². The summed E-state index contributed by atoms with van der Waals surface area (Å²) in [6, 6.07) is 4.06. The fraction of sp³-hybridized carbons (Fsp3) is 0.273. The fourth-order valence-corrected chi connectivity index (χ4v) is 1.79. The number of nitrogens with zero attached hydrogens (tertiary/aromatic N) is 2. The normalized spacial score (nSPS) is 14.4. The van der Waals surface area contributed by atoms with Gasteiger partial charge in [0.1, 0.15) is 13.2 Å². The lowest BCUT2D eigenvalue weighted by Gasteiger charge is -2.20. The van der Waals surface area contributed by atoms with Crippen molar-refractivity contribution < 1.29 is 14.3 Å². The van der Waals surface area contributed by atoms with Gasteiger partial charge in [0.05, 0.1) is 11.1 Å². The molecule has 5 nitrogen and oxygen atoms in total. The van der Waals surface area contributed by atoms with E-state index in [2.05, 4.69) is 4.99 Å². The van der Waals surface area contributed by atoms with E-state index in [-0.39, 0.29) is 0 Å². The third-order valence-electron chi connectivity index (χ3n) is 2.24. The third kappa shape index (κ3) is 2.23.